The Balaban J connectivity index is 1.88. The second-order valence-electron chi connectivity index (χ2n) is 4.29. The van der Waals surface area contributed by atoms with Crippen LogP contribution in [0.5, 0.6) is 0 Å². The van der Waals surface area contributed by atoms with E-state index in [4.69, 9.17) is 4.74 Å². The molecule has 0 aliphatic carbocycles. The molecule has 0 unspecified atom stereocenters. The van der Waals surface area contributed by atoms with E-state index in [0.29, 0.717) is 0 Å². The number of aromatic nitrogens is 1. The van der Waals surface area contributed by atoms with Crippen LogP contribution >= 0.6 is 0 Å². The van der Waals surface area contributed by atoms with Crippen molar-refractivity contribution in [2.75, 3.05) is 11.9 Å². The van der Waals surface area contributed by atoms with Crippen molar-refractivity contribution < 1.29 is 18.7 Å². The average Bonchev–Trinajstić information content (AvgIpc) is 2.48. The first-order valence-electron chi connectivity index (χ1n) is 6.20. The third-order valence-corrected chi connectivity index (χ3v) is 2.63. The Morgan fingerprint density at radius 2 is 2.00 bits per heavy atom. The van der Waals surface area contributed by atoms with Gasteiger partial charge in [0.1, 0.15) is 5.82 Å². The van der Waals surface area contributed by atoms with Crippen LogP contribution in [-0.2, 0) is 9.53 Å². The molecule has 2 aromatic rings. The number of nitrogens with one attached hydrogen (secondary N) is 1. The van der Waals surface area contributed by atoms with Crippen molar-refractivity contribution in [2.45, 2.75) is 6.92 Å². The number of hydrogen-bond donors (Lipinski definition) is 1. The van der Waals surface area contributed by atoms with Crippen molar-refractivity contribution in [3.8, 4) is 0 Å². The zero-order valence-electron chi connectivity index (χ0n) is 11.3. The quantitative estimate of drug-likeness (QED) is 0.877. The van der Waals surface area contributed by atoms with Crippen molar-refractivity contribution in [1.29, 1.82) is 0 Å². The molecule has 5 nitrogen and oxygen atoms in total. The minimum atomic E-state index is -0.661. The van der Waals surface area contributed by atoms with Crippen LogP contribution < -0.4 is 5.32 Å². The molecule has 0 fully saturated rings. The first-order chi connectivity index (χ1) is 10.1. The van der Waals surface area contributed by atoms with Crippen molar-refractivity contribution in [2.24, 2.45) is 0 Å². The summed E-state index contributed by atoms with van der Waals surface area (Å²) in [7, 11) is 0. The molecule has 0 radical (unpaired) electrons. The lowest BCUT2D eigenvalue weighted by atomic mass is 10.2. The smallest absolute Gasteiger partial charge is 0.340 e. The minimum absolute atomic E-state index is 0.0375. The fourth-order valence-electron chi connectivity index (χ4n) is 1.55. The average molecular weight is 288 g/mol. The minimum Gasteiger partial charge on any atom is -0.452 e. The van der Waals surface area contributed by atoms with Crippen LogP contribution in [0.3, 0.4) is 0 Å². The van der Waals surface area contributed by atoms with E-state index in [-0.39, 0.29) is 11.3 Å². The fraction of sp³-hybridized carbons (Fsp3) is 0.133. The number of hydrogen-bond acceptors (Lipinski definition) is 4. The lowest BCUT2D eigenvalue weighted by molar-refractivity contribution is -0.119. The van der Waals surface area contributed by atoms with Crippen molar-refractivity contribution in [3.05, 3.63) is 59.7 Å². The van der Waals surface area contributed by atoms with Gasteiger partial charge in [-0.25, -0.2) is 9.18 Å². The van der Waals surface area contributed by atoms with Gasteiger partial charge in [-0.05, 0) is 31.2 Å². The summed E-state index contributed by atoms with van der Waals surface area (Å²) < 4.78 is 18.1. The molecule has 0 aliphatic heterocycles. The predicted molar refractivity (Wildman–Crippen MR) is 74.3 cm³/mol. The van der Waals surface area contributed by atoms with Crippen LogP contribution in [0.4, 0.5) is 10.1 Å². The number of benzene rings is 1. The number of rotatable bonds is 4. The number of pyridine rings is 1. The van der Waals surface area contributed by atoms with Crippen LogP contribution in [-0.4, -0.2) is 23.5 Å². The van der Waals surface area contributed by atoms with Gasteiger partial charge in [-0.1, -0.05) is 12.1 Å². The predicted octanol–water partition coefficient (Wildman–Crippen LogP) is 2.32. The topological polar surface area (TPSA) is 68.3 Å². The summed E-state index contributed by atoms with van der Waals surface area (Å²) in [4.78, 5) is 27.2. The number of amides is 1. The van der Waals surface area contributed by atoms with Gasteiger partial charge in [0.15, 0.2) is 6.61 Å². The maximum absolute atomic E-state index is 13.3. The van der Waals surface area contributed by atoms with E-state index >= 15 is 0 Å². The molecule has 21 heavy (non-hydrogen) atoms. The van der Waals surface area contributed by atoms with Gasteiger partial charge >= 0.3 is 5.97 Å². The normalized spacial score (nSPS) is 10.0. The highest BCUT2D eigenvalue weighted by Gasteiger charge is 2.11. The zero-order chi connectivity index (χ0) is 15.2. The third kappa shape index (κ3) is 4.10. The molecular formula is C15H13FN2O3. The van der Waals surface area contributed by atoms with E-state index in [1.165, 1.54) is 24.4 Å². The molecule has 1 heterocycles. The Morgan fingerprint density at radius 3 is 2.67 bits per heavy atom. The van der Waals surface area contributed by atoms with E-state index < -0.39 is 24.3 Å². The number of carbonyl (C=O) groups is 2. The summed E-state index contributed by atoms with van der Waals surface area (Å²) in [6.07, 6.45) is 1.37. The second kappa shape index (κ2) is 6.60. The molecule has 1 aromatic heterocycles. The molecule has 108 valence electrons. The molecule has 0 bridgehead atoms. The van der Waals surface area contributed by atoms with Gasteiger partial charge < -0.3 is 10.1 Å². The van der Waals surface area contributed by atoms with E-state index in [1.54, 1.807) is 25.1 Å². The van der Waals surface area contributed by atoms with Gasteiger partial charge in [0.25, 0.3) is 5.91 Å². The number of aryl methyl sites for hydroxylation is 1. The lowest BCUT2D eigenvalue weighted by Crippen LogP contribution is -2.21. The molecule has 6 heteroatoms. The maximum atomic E-state index is 13.3. The summed E-state index contributed by atoms with van der Waals surface area (Å²) in [6, 6.07) is 8.95. The Morgan fingerprint density at radius 1 is 1.24 bits per heavy atom. The summed E-state index contributed by atoms with van der Waals surface area (Å²) >= 11 is 0. The lowest BCUT2D eigenvalue weighted by Gasteiger charge is -2.07. The number of halogens is 1. The number of ether oxygens (including phenoxy) is 1. The first-order valence-corrected chi connectivity index (χ1v) is 6.20. The molecule has 1 aromatic carbocycles. The Hall–Kier alpha value is -2.76. The summed E-state index contributed by atoms with van der Waals surface area (Å²) in [5.41, 5.74) is 1.05. The zero-order valence-corrected chi connectivity index (χ0v) is 11.3. The molecule has 0 spiro atoms. The van der Waals surface area contributed by atoms with Gasteiger partial charge in [0.05, 0.1) is 11.3 Å². The number of anilines is 1. The Kier molecular flexibility index (Phi) is 4.61. The Labute approximate surface area is 120 Å². The van der Waals surface area contributed by atoms with Crippen molar-refractivity contribution in [3.63, 3.8) is 0 Å². The third-order valence-electron chi connectivity index (χ3n) is 2.63. The number of nitrogens with zero attached hydrogens (tertiary/aromatic N) is 1. The molecule has 0 saturated carbocycles. The second-order valence-corrected chi connectivity index (χ2v) is 4.29. The summed E-state index contributed by atoms with van der Waals surface area (Å²) in [5, 5.41) is 2.32. The van der Waals surface area contributed by atoms with E-state index in [2.05, 4.69) is 10.3 Å². The highest BCUT2D eigenvalue weighted by atomic mass is 19.1. The van der Waals surface area contributed by atoms with Gasteiger partial charge in [0, 0.05) is 11.9 Å². The molecule has 1 amide bonds. The van der Waals surface area contributed by atoms with Crippen LogP contribution in [0.25, 0.3) is 0 Å². The summed E-state index contributed by atoms with van der Waals surface area (Å²) in [6.45, 7) is 1.29. The van der Waals surface area contributed by atoms with Crippen LogP contribution in [0.15, 0.2) is 42.6 Å². The van der Waals surface area contributed by atoms with Crippen molar-refractivity contribution >= 4 is 17.6 Å². The highest BCUT2D eigenvalue weighted by molar-refractivity contribution is 5.95. The first kappa shape index (κ1) is 14.6. The number of esters is 1. The van der Waals surface area contributed by atoms with Gasteiger partial charge in [0.2, 0.25) is 0 Å². The molecule has 2 rings (SSSR count). The molecule has 0 aliphatic rings. The molecular weight excluding hydrogens is 275 g/mol. The van der Waals surface area contributed by atoms with E-state index in [1.807, 2.05) is 0 Å². The maximum Gasteiger partial charge on any atom is 0.340 e. The van der Waals surface area contributed by atoms with Crippen molar-refractivity contribution in [1.82, 2.24) is 4.98 Å². The van der Waals surface area contributed by atoms with Gasteiger partial charge in [-0.2, -0.15) is 0 Å². The molecule has 0 atom stereocenters. The number of carbonyl (C=O) groups excluding carboxylic acids is 2. The summed E-state index contributed by atoms with van der Waals surface area (Å²) in [5.74, 6) is -1.83. The van der Waals surface area contributed by atoms with E-state index in [9.17, 15) is 14.0 Å². The van der Waals surface area contributed by atoms with Crippen LogP contribution in [0.2, 0.25) is 0 Å². The molecule has 1 N–H and O–H groups in total. The van der Waals surface area contributed by atoms with Crippen LogP contribution in [0.1, 0.15) is 16.1 Å². The van der Waals surface area contributed by atoms with Crippen LogP contribution in [0, 0.1) is 12.7 Å². The molecule has 0 saturated heterocycles. The van der Waals surface area contributed by atoms with Gasteiger partial charge in [-0.3, -0.25) is 9.78 Å². The highest BCUT2D eigenvalue weighted by Crippen LogP contribution is 2.12. The fourth-order valence-corrected chi connectivity index (χ4v) is 1.55. The Bertz CT molecular complexity index is 656. The van der Waals surface area contributed by atoms with E-state index in [0.717, 1.165) is 5.69 Å². The number of para-hydroxylation sites is 1. The van der Waals surface area contributed by atoms with Gasteiger partial charge in [-0.15, -0.1) is 0 Å². The monoisotopic (exact) mass is 288 g/mol. The standard InChI is InChI=1S/C15H13FN2O3/c1-10-6-7-11(8-17-10)15(20)21-9-14(19)18-13-5-3-2-4-12(13)16/h2-8H,9H2,1H3,(H,18,19). The SMILES string of the molecule is Cc1ccc(C(=O)OCC(=O)Nc2ccccc2F)cn1. The largest absolute Gasteiger partial charge is 0.452 e.